The molecule has 0 radical (unpaired) electrons. The van der Waals surface area contributed by atoms with Crippen molar-refractivity contribution in [3.8, 4) is 0 Å². The Kier molecular flexibility index (Phi) is 6.07. The Hall–Kier alpha value is -1.09. The Morgan fingerprint density at radius 2 is 1.65 bits per heavy atom. The molecule has 1 aromatic carbocycles. The van der Waals surface area contributed by atoms with Crippen molar-refractivity contribution in [1.82, 2.24) is 9.21 Å². The second-order valence-electron chi connectivity index (χ2n) is 5.87. The van der Waals surface area contributed by atoms with Gasteiger partial charge in [0.1, 0.15) is 11.6 Å². The molecule has 0 aromatic heterocycles. The topological polar surface area (TPSA) is 49.9 Å². The number of nitrogens with zero attached hydrogens (tertiary/aromatic N) is 2. The van der Waals surface area contributed by atoms with E-state index in [4.69, 9.17) is 4.74 Å². The van der Waals surface area contributed by atoms with Gasteiger partial charge < -0.3 is 9.64 Å². The molecule has 5 nitrogen and oxygen atoms in total. The molecule has 130 valence electrons. The number of hydrogen-bond donors (Lipinski definition) is 0. The van der Waals surface area contributed by atoms with Crippen LogP contribution in [-0.4, -0.2) is 64.1 Å². The fraction of sp³-hybridized carbons (Fsp3) is 0.600. The second kappa shape index (κ2) is 7.65. The van der Waals surface area contributed by atoms with Gasteiger partial charge in [-0.3, -0.25) is 0 Å². The van der Waals surface area contributed by atoms with Gasteiger partial charge in [-0.2, -0.15) is 4.31 Å². The summed E-state index contributed by atoms with van der Waals surface area (Å²) in [6.45, 7) is 1.75. The molecule has 23 heavy (non-hydrogen) atoms. The van der Waals surface area contributed by atoms with Crippen molar-refractivity contribution >= 4 is 10.0 Å². The summed E-state index contributed by atoms with van der Waals surface area (Å²) in [5.74, 6) is -1.80. The number of sulfonamides is 1. The summed E-state index contributed by atoms with van der Waals surface area (Å²) < 4.78 is 59.2. The van der Waals surface area contributed by atoms with Crippen LogP contribution in [0.2, 0.25) is 0 Å². The molecule has 1 aromatic rings. The minimum Gasteiger partial charge on any atom is -0.381 e. The smallest absolute Gasteiger partial charge is 0.243 e. The quantitative estimate of drug-likeness (QED) is 0.785. The summed E-state index contributed by atoms with van der Waals surface area (Å²) >= 11 is 0. The lowest BCUT2D eigenvalue weighted by atomic mass is 10.1. The van der Waals surface area contributed by atoms with E-state index in [0.717, 1.165) is 12.1 Å². The Labute approximate surface area is 135 Å². The molecular formula is C15H22F2N2O3S. The first kappa shape index (κ1) is 18.3. The summed E-state index contributed by atoms with van der Waals surface area (Å²) in [6.07, 6.45) is 1.15. The third-order valence-corrected chi connectivity index (χ3v) is 5.74. The first-order valence-corrected chi connectivity index (χ1v) is 8.95. The molecule has 0 bridgehead atoms. The fourth-order valence-corrected chi connectivity index (χ4v) is 4.30. The van der Waals surface area contributed by atoms with Gasteiger partial charge in [-0.05, 0) is 39.1 Å². The summed E-state index contributed by atoms with van der Waals surface area (Å²) in [5.41, 5.74) is 0. The van der Waals surface area contributed by atoms with Gasteiger partial charge in [-0.25, -0.2) is 17.2 Å². The molecule has 0 atom stereocenters. The lowest BCUT2D eigenvalue weighted by molar-refractivity contribution is 0.0573. The molecule has 0 spiro atoms. The molecule has 1 saturated heterocycles. The zero-order chi connectivity index (χ0) is 17.0. The van der Waals surface area contributed by atoms with Gasteiger partial charge in [0.25, 0.3) is 0 Å². The molecule has 8 heteroatoms. The lowest BCUT2D eigenvalue weighted by Gasteiger charge is -2.34. The van der Waals surface area contributed by atoms with Crippen molar-refractivity contribution in [3.05, 3.63) is 29.8 Å². The number of rotatable bonds is 6. The van der Waals surface area contributed by atoms with E-state index in [1.807, 2.05) is 19.0 Å². The molecule has 1 aliphatic heterocycles. The van der Waals surface area contributed by atoms with Crippen LogP contribution < -0.4 is 0 Å². The van der Waals surface area contributed by atoms with E-state index >= 15 is 0 Å². The van der Waals surface area contributed by atoms with Crippen LogP contribution >= 0.6 is 0 Å². The Morgan fingerprint density at radius 1 is 1.09 bits per heavy atom. The van der Waals surface area contributed by atoms with Crippen LogP contribution in [-0.2, 0) is 14.8 Å². The van der Waals surface area contributed by atoms with E-state index in [0.29, 0.717) is 38.7 Å². The van der Waals surface area contributed by atoms with E-state index in [9.17, 15) is 17.2 Å². The predicted molar refractivity (Wildman–Crippen MR) is 82.6 cm³/mol. The average molecular weight is 348 g/mol. The Bertz CT molecular complexity index is 611. The molecule has 1 aliphatic rings. The van der Waals surface area contributed by atoms with Gasteiger partial charge in [0.15, 0.2) is 0 Å². The van der Waals surface area contributed by atoms with Gasteiger partial charge in [0.05, 0.1) is 4.90 Å². The average Bonchev–Trinajstić information content (AvgIpc) is 2.47. The largest absolute Gasteiger partial charge is 0.381 e. The molecule has 1 fully saturated rings. The first-order valence-electron chi connectivity index (χ1n) is 7.51. The molecular weight excluding hydrogens is 326 g/mol. The maximum Gasteiger partial charge on any atom is 0.243 e. The van der Waals surface area contributed by atoms with Gasteiger partial charge in [0, 0.05) is 38.4 Å². The van der Waals surface area contributed by atoms with Gasteiger partial charge in [0.2, 0.25) is 10.0 Å². The lowest BCUT2D eigenvalue weighted by Crippen LogP contribution is -2.46. The van der Waals surface area contributed by atoms with Gasteiger partial charge >= 0.3 is 0 Å². The molecule has 0 amide bonds. The maximum atomic E-state index is 13.4. The SMILES string of the molecule is CN(C)CCN(C1CCOCC1)S(=O)(=O)c1cc(F)cc(F)c1. The summed E-state index contributed by atoms with van der Waals surface area (Å²) in [5, 5.41) is 0. The molecule has 2 rings (SSSR count). The van der Waals surface area contributed by atoms with Crippen molar-refractivity contribution in [2.45, 2.75) is 23.8 Å². The number of ether oxygens (including phenoxy) is 1. The van der Waals surface area contributed by atoms with Crippen molar-refractivity contribution in [2.75, 3.05) is 40.4 Å². The van der Waals surface area contributed by atoms with Crippen molar-refractivity contribution in [2.24, 2.45) is 0 Å². The minimum absolute atomic E-state index is 0.222. The number of halogens is 2. The summed E-state index contributed by atoms with van der Waals surface area (Å²) in [4.78, 5) is 1.52. The maximum absolute atomic E-state index is 13.4. The van der Waals surface area contributed by atoms with Crippen LogP contribution in [0.5, 0.6) is 0 Å². The Balaban J connectivity index is 2.34. The summed E-state index contributed by atoms with van der Waals surface area (Å²) in [6, 6.07) is 2.17. The summed E-state index contributed by atoms with van der Waals surface area (Å²) in [7, 11) is -0.282. The van der Waals surface area contributed by atoms with Crippen LogP contribution in [0.3, 0.4) is 0 Å². The fourth-order valence-electron chi connectivity index (χ4n) is 2.58. The van der Waals surface area contributed by atoms with E-state index < -0.39 is 21.7 Å². The highest BCUT2D eigenvalue weighted by atomic mass is 32.2. The van der Waals surface area contributed by atoms with E-state index in [2.05, 4.69) is 0 Å². The monoisotopic (exact) mass is 348 g/mol. The second-order valence-corrected chi connectivity index (χ2v) is 7.76. The standard InChI is InChI=1S/C15H22F2N2O3S/c1-18(2)5-6-19(14-3-7-22-8-4-14)23(20,21)15-10-12(16)9-13(17)11-15/h9-11,14H,3-8H2,1-2H3. The van der Waals surface area contributed by atoms with E-state index in [1.54, 1.807) is 0 Å². The third-order valence-electron chi connectivity index (χ3n) is 3.81. The highest BCUT2D eigenvalue weighted by Gasteiger charge is 2.33. The number of likely N-dealkylation sites (N-methyl/N-ethyl adjacent to an activating group) is 1. The van der Waals surface area contributed by atoms with Crippen molar-refractivity contribution in [3.63, 3.8) is 0 Å². The minimum atomic E-state index is -3.97. The highest BCUT2D eigenvalue weighted by Crippen LogP contribution is 2.24. The molecule has 1 heterocycles. The van der Waals surface area contributed by atoms with Crippen LogP contribution in [0.4, 0.5) is 8.78 Å². The molecule has 0 saturated carbocycles. The van der Waals surface area contributed by atoms with Crippen molar-refractivity contribution in [1.29, 1.82) is 0 Å². The zero-order valence-corrected chi connectivity index (χ0v) is 14.2. The number of benzene rings is 1. The Morgan fingerprint density at radius 3 is 2.17 bits per heavy atom. The van der Waals surface area contributed by atoms with E-state index in [1.165, 1.54) is 4.31 Å². The van der Waals surface area contributed by atoms with Crippen LogP contribution in [0.15, 0.2) is 23.1 Å². The first-order chi connectivity index (χ1) is 10.8. The molecule has 0 aliphatic carbocycles. The third kappa shape index (κ3) is 4.69. The van der Waals surface area contributed by atoms with Crippen LogP contribution in [0.1, 0.15) is 12.8 Å². The van der Waals surface area contributed by atoms with Gasteiger partial charge in [-0.15, -0.1) is 0 Å². The zero-order valence-electron chi connectivity index (χ0n) is 13.3. The van der Waals surface area contributed by atoms with Gasteiger partial charge in [-0.1, -0.05) is 0 Å². The van der Waals surface area contributed by atoms with Crippen LogP contribution in [0.25, 0.3) is 0 Å². The highest BCUT2D eigenvalue weighted by molar-refractivity contribution is 7.89. The predicted octanol–water partition coefficient (Wildman–Crippen LogP) is 1.70. The molecule has 0 N–H and O–H groups in total. The normalized spacial score (nSPS) is 17.1. The van der Waals surface area contributed by atoms with E-state index in [-0.39, 0.29) is 17.5 Å². The number of hydrogen-bond acceptors (Lipinski definition) is 4. The van der Waals surface area contributed by atoms with Crippen LogP contribution in [0, 0.1) is 11.6 Å². The van der Waals surface area contributed by atoms with Crippen molar-refractivity contribution < 1.29 is 21.9 Å². The molecule has 0 unspecified atom stereocenters.